The van der Waals surface area contributed by atoms with Crippen molar-refractivity contribution in [3.8, 4) is 17.2 Å². The minimum Gasteiger partial charge on any atom is -0.497 e. The van der Waals surface area contributed by atoms with Crippen LogP contribution in [0.5, 0.6) is 17.2 Å². The van der Waals surface area contributed by atoms with Crippen molar-refractivity contribution in [2.24, 2.45) is 5.73 Å². The van der Waals surface area contributed by atoms with Gasteiger partial charge >= 0.3 is 0 Å². The van der Waals surface area contributed by atoms with Crippen molar-refractivity contribution in [2.45, 2.75) is 26.0 Å². The SMILES string of the molecule is COc1ccc(OCC(C)NCC(O)COc2ccc(C(N)=O)cc2C)cc1. The van der Waals surface area contributed by atoms with Crippen molar-refractivity contribution in [3.05, 3.63) is 53.6 Å². The zero-order valence-corrected chi connectivity index (χ0v) is 16.5. The standard InChI is InChI=1S/C21H28N2O5/c1-14-10-16(21(22)25)4-9-20(14)28-13-17(24)11-23-15(2)12-27-19-7-5-18(26-3)6-8-19/h4-10,15,17,23-24H,11-13H2,1-3H3,(H2,22,25). The van der Waals surface area contributed by atoms with Crippen LogP contribution in [-0.2, 0) is 0 Å². The summed E-state index contributed by atoms with van der Waals surface area (Å²) < 4.78 is 16.4. The van der Waals surface area contributed by atoms with E-state index in [1.807, 2.05) is 38.1 Å². The van der Waals surface area contributed by atoms with Gasteiger partial charge in [0.2, 0.25) is 5.91 Å². The molecule has 7 nitrogen and oxygen atoms in total. The summed E-state index contributed by atoms with van der Waals surface area (Å²) in [5.74, 6) is 1.67. The number of hydrogen-bond acceptors (Lipinski definition) is 6. The number of aliphatic hydroxyl groups is 1. The molecule has 0 aliphatic heterocycles. The molecule has 1 amide bonds. The van der Waals surface area contributed by atoms with Gasteiger partial charge in [-0.25, -0.2) is 0 Å². The maximum atomic E-state index is 11.2. The number of benzene rings is 2. The molecule has 28 heavy (non-hydrogen) atoms. The number of rotatable bonds is 11. The first-order valence-corrected chi connectivity index (χ1v) is 9.10. The van der Waals surface area contributed by atoms with Crippen LogP contribution in [0.1, 0.15) is 22.8 Å². The number of hydrogen-bond donors (Lipinski definition) is 3. The van der Waals surface area contributed by atoms with E-state index >= 15 is 0 Å². The predicted octanol–water partition coefficient (Wildman–Crippen LogP) is 1.90. The van der Waals surface area contributed by atoms with Crippen LogP contribution in [0.2, 0.25) is 0 Å². The maximum absolute atomic E-state index is 11.2. The summed E-state index contributed by atoms with van der Waals surface area (Å²) >= 11 is 0. The number of methoxy groups -OCH3 is 1. The second-order valence-electron chi connectivity index (χ2n) is 6.61. The number of nitrogens with two attached hydrogens (primary N) is 1. The van der Waals surface area contributed by atoms with Crippen LogP contribution < -0.4 is 25.3 Å². The van der Waals surface area contributed by atoms with Gasteiger partial charge in [0, 0.05) is 18.2 Å². The van der Waals surface area contributed by atoms with Crippen LogP contribution in [0.4, 0.5) is 0 Å². The van der Waals surface area contributed by atoms with Gasteiger partial charge in [0.25, 0.3) is 0 Å². The van der Waals surface area contributed by atoms with Crippen molar-refractivity contribution < 1.29 is 24.1 Å². The number of primary amides is 1. The summed E-state index contributed by atoms with van der Waals surface area (Å²) in [5, 5.41) is 13.3. The zero-order valence-electron chi connectivity index (χ0n) is 16.5. The molecule has 4 N–H and O–H groups in total. The molecule has 0 aliphatic carbocycles. The molecule has 0 saturated heterocycles. The number of aliphatic hydroxyl groups excluding tert-OH is 1. The van der Waals surface area contributed by atoms with Crippen molar-refractivity contribution in [3.63, 3.8) is 0 Å². The van der Waals surface area contributed by atoms with Crippen molar-refractivity contribution in [1.82, 2.24) is 5.32 Å². The predicted molar refractivity (Wildman–Crippen MR) is 107 cm³/mol. The molecule has 7 heteroatoms. The van der Waals surface area contributed by atoms with Crippen LogP contribution in [0.25, 0.3) is 0 Å². The average Bonchev–Trinajstić information content (AvgIpc) is 2.70. The average molecular weight is 388 g/mol. The van der Waals surface area contributed by atoms with Crippen LogP contribution in [-0.4, -0.2) is 50.0 Å². The number of aryl methyl sites for hydroxylation is 1. The van der Waals surface area contributed by atoms with E-state index in [4.69, 9.17) is 19.9 Å². The topological polar surface area (TPSA) is 103 Å². The van der Waals surface area contributed by atoms with E-state index in [-0.39, 0.29) is 12.6 Å². The lowest BCUT2D eigenvalue weighted by atomic mass is 10.1. The minimum atomic E-state index is -0.682. The third kappa shape index (κ3) is 6.75. The van der Waals surface area contributed by atoms with Crippen molar-refractivity contribution in [2.75, 3.05) is 26.9 Å². The molecule has 0 spiro atoms. The summed E-state index contributed by atoms with van der Waals surface area (Å²) in [7, 11) is 1.62. The summed E-state index contributed by atoms with van der Waals surface area (Å²) in [6, 6.07) is 12.4. The second-order valence-corrected chi connectivity index (χ2v) is 6.61. The lowest BCUT2D eigenvalue weighted by Gasteiger charge is -2.19. The van der Waals surface area contributed by atoms with E-state index in [1.165, 1.54) is 0 Å². The normalized spacial score (nSPS) is 12.9. The highest BCUT2D eigenvalue weighted by Gasteiger charge is 2.11. The summed E-state index contributed by atoms with van der Waals surface area (Å²) in [4.78, 5) is 11.2. The van der Waals surface area contributed by atoms with Crippen molar-refractivity contribution >= 4 is 5.91 Å². The number of carbonyl (C=O) groups excluding carboxylic acids is 1. The van der Waals surface area contributed by atoms with Gasteiger partial charge < -0.3 is 30.4 Å². The number of ether oxygens (including phenoxy) is 3. The molecule has 2 atom stereocenters. The van der Waals surface area contributed by atoms with Crippen molar-refractivity contribution in [1.29, 1.82) is 0 Å². The molecule has 152 valence electrons. The van der Waals surface area contributed by atoms with Crippen LogP contribution in [0.3, 0.4) is 0 Å². The minimum absolute atomic E-state index is 0.0494. The van der Waals surface area contributed by atoms with Gasteiger partial charge in [-0.15, -0.1) is 0 Å². The number of carbonyl (C=O) groups is 1. The Balaban J connectivity index is 1.69. The van der Waals surface area contributed by atoms with E-state index in [1.54, 1.807) is 25.3 Å². The summed E-state index contributed by atoms with van der Waals surface area (Å²) in [5.41, 5.74) is 6.47. The van der Waals surface area contributed by atoms with E-state index in [0.717, 1.165) is 17.1 Å². The largest absolute Gasteiger partial charge is 0.497 e. The fraction of sp³-hybridized carbons (Fsp3) is 0.381. The lowest BCUT2D eigenvalue weighted by molar-refractivity contribution is 0.0993. The number of amides is 1. The summed E-state index contributed by atoms with van der Waals surface area (Å²) in [6.07, 6.45) is -0.682. The Morgan fingerprint density at radius 1 is 1.11 bits per heavy atom. The molecule has 0 fully saturated rings. The first-order chi connectivity index (χ1) is 13.4. The van der Waals surface area contributed by atoms with Gasteiger partial charge in [0.15, 0.2) is 0 Å². The molecule has 2 unspecified atom stereocenters. The first kappa shape index (κ1) is 21.5. The van der Waals surface area contributed by atoms with Crippen LogP contribution in [0, 0.1) is 6.92 Å². The van der Waals surface area contributed by atoms with E-state index in [9.17, 15) is 9.90 Å². The van der Waals surface area contributed by atoms with Gasteiger partial charge in [-0.1, -0.05) is 0 Å². The Kier molecular flexibility index (Phi) is 8.10. The molecule has 0 heterocycles. The van der Waals surface area contributed by atoms with Gasteiger partial charge in [-0.05, 0) is 61.9 Å². The zero-order chi connectivity index (χ0) is 20.5. The molecule has 2 aromatic carbocycles. The fourth-order valence-corrected chi connectivity index (χ4v) is 2.50. The molecule has 0 bridgehead atoms. The molecule has 2 rings (SSSR count). The fourth-order valence-electron chi connectivity index (χ4n) is 2.50. The molecular weight excluding hydrogens is 360 g/mol. The quantitative estimate of drug-likeness (QED) is 0.543. The highest BCUT2D eigenvalue weighted by Crippen LogP contribution is 2.19. The van der Waals surface area contributed by atoms with E-state index in [0.29, 0.717) is 24.5 Å². The lowest BCUT2D eigenvalue weighted by Crippen LogP contribution is -2.39. The summed E-state index contributed by atoms with van der Waals surface area (Å²) in [6.45, 7) is 4.77. The van der Waals surface area contributed by atoms with E-state index < -0.39 is 12.0 Å². The Hall–Kier alpha value is -2.77. The van der Waals surface area contributed by atoms with Crippen LogP contribution in [0.15, 0.2) is 42.5 Å². The highest BCUT2D eigenvalue weighted by molar-refractivity contribution is 5.93. The number of nitrogens with one attached hydrogen (secondary N) is 1. The highest BCUT2D eigenvalue weighted by atomic mass is 16.5. The molecular formula is C21H28N2O5. The van der Waals surface area contributed by atoms with E-state index in [2.05, 4.69) is 5.32 Å². The molecule has 0 aromatic heterocycles. The third-order valence-electron chi connectivity index (χ3n) is 4.15. The Morgan fingerprint density at radius 2 is 1.79 bits per heavy atom. The molecule has 0 radical (unpaired) electrons. The van der Waals surface area contributed by atoms with Crippen LogP contribution >= 0.6 is 0 Å². The molecule has 0 aliphatic rings. The smallest absolute Gasteiger partial charge is 0.248 e. The second kappa shape index (κ2) is 10.5. The van der Waals surface area contributed by atoms with Gasteiger partial charge in [0.1, 0.15) is 36.6 Å². The first-order valence-electron chi connectivity index (χ1n) is 9.10. The Morgan fingerprint density at radius 3 is 2.39 bits per heavy atom. The van der Waals surface area contributed by atoms with Gasteiger partial charge in [-0.3, -0.25) is 4.79 Å². The third-order valence-corrected chi connectivity index (χ3v) is 4.15. The Bertz CT molecular complexity index is 764. The maximum Gasteiger partial charge on any atom is 0.248 e. The Labute approximate surface area is 165 Å². The monoisotopic (exact) mass is 388 g/mol. The van der Waals surface area contributed by atoms with Gasteiger partial charge in [-0.2, -0.15) is 0 Å². The van der Waals surface area contributed by atoms with Gasteiger partial charge in [0.05, 0.1) is 7.11 Å². The molecule has 2 aromatic rings. The molecule has 0 saturated carbocycles.